The van der Waals surface area contributed by atoms with Crippen molar-refractivity contribution in [3.63, 3.8) is 0 Å². The van der Waals surface area contributed by atoms with Crippen molar-refractivity contribution < 1.29 is 17.9 Å². The van der Waals surface area contributed by atoms with Gasteiger partial charge in [-0.15, -0.1) is 0 Å². The number of nitrogens with zero attached hydrogens (tertiary/aromatic N) is 2. The number of piperidine rings is 1. The van der Waals surface area contributed by atoms with Crippen LogP contribution in [0.2, 0.25) is 0 Å². The Labute approximate surface area is 181 Å². The molecule has 0 radical (unpaired) electrons. The van der Waals surface area contributed by atoms with E-state index in [-0.39, 0.29) is 17.9 Å². The van der Waals surface area contributed by atoms with E-state index in [2.05, 4.69) is 15.2 Å². The van der Waals surface area contributed by atoms with Crippen LogP contribution < -0.4 is 5.32 Å². The summed E-state index contributed by atoms with van der Waals surface area (Å²) in [5.74, 6) is 0.848. The predicted octanol–water partition coefficient (Wildman–Crippen LogP) is 2.72. The number of benzene rings is 1. The molecule has 8 heteroatoms. The second kappa shape index (κ2) is 12.9. The predicted molar refractivity (Wildman–Crippen MR) is 121 cm³/mol. The zero-order chi connectivity index (χ0) is 21.8. The Hall–Kier alpha value is -1.64. The fraction of sp³-hybridized carbons (Fsp3) is 0.682. The van der Waals surface area contributed by atoms with E-state index in [4.69, 9.17) is 9.47 Å². The zero-order valence-corrected chi connectivity index (χ0v) is 19.4. The molecule has 0 amide bonds. The summed E-state index contributed by atoms with van der Waals surface area (Å²) in [6, 6.07) is 8.45. The molecule has 30 heavy (non-hydrogen) atoms. The van der Waals surface area contributed by atoms with Gasteiger partial charge in [0.2, 0.25) is 0 Å². The van der Waals surface area contributed by atoms with Crippen molar-refractivity contribution in [3.8, 4) is 0 Å². The van der Waals surface area contributed by atoms with Crippen molar-refractivity contribution in [2.45, 2.75) is 56.6 Å². The lowest BCUT2D eigenvalue weighted by Crippen LogP contribution is -2.51. The Balaban J connectivity index is 1.92. The van der Waals surface area contributed by atoms with Crippen LogP contribution in [-0.4, -0.2) is 77.1 Å². The van der Waals surface area contributed by atoms with Gasteiger partial charge in [0, 0.05) is 46.0 Å². The Morgan fingerprint density at radius 1 is 1.20 bits per heavy atom. The Morgan fingerprint density at radius 3 is 2.50 bits per heavy atom. The van der Waals surface area contributed by atoms with Crippen LogP contribution in [0.1, 0.15) is 39.5 Å². The van der Waals surface area contributed by atoms with Gasteiger partial charge in [0.1, 0.15) is 0 Å². The van der Waals surface area contributed by atoms with Gasteiger partial charge < -0.3 is 19.7 Å². The third-order valence-corrected chi connectivity index (χ3v) is 7.08. The molecule has 0 aromatic heterocycles. The number of methoxy groups -OCH3 is 1. The summed E-state index contributed by atoms with van der Waals surface area (Å²) in [4.78, 5) is 7.21. The number of hydrogen-bond acceptors (Lipinski definition) is 5. The van der Waals surface area contributed by atoms with Gasteiger partial charge in [-0.05, 0) is 44.7 Å². The molecule has 1 saturated heterocycles. The Morgan fingerprint density at radius 2 is 1.90 bits per heavy atom. The summed E-state index contributed by atoms with van der Waals surface area (Å²) in [6.07, 6.45) is 3.76. The number of aliphatic imine (C=N–C) groups is 1. The lowest BCUT2D eigenvalue weighted by molar-refractivity contribution is 0.00983. The molecule has 1 atom stereocenters. The highest BCUT2D eigenvalue weighted by molar-refractivity contribution is 7.91. The first-order valence-electron chi connectivity index (χ1n) is 10.9. The van der Waals surface area contributed by atoms with Crippen LogP contribution in [0.5, 0.6) is 0 Å². The molecule has 0 spiro atoms. The number of rotatable bonds is 11. The summed E-state index contributed by atoms with van der Waals surface area (Å²) < 4.78 is 36.6. The van der Waals surface area contributed by atoms with Crippen LogP contribution in [0.15, 0.2) is 40.2 Å². The standard InChI is InChI=1S/C22H37N3O4S/c1-4-19(18-30(26,27)21-10-7-6-8-11-21)24-22(23-5-2)25-14-12-20(13-15-25)29-17-9-16-28-3/h6-8,10-11,19-20H,4-5,9,12-18H2,1-3H3,(H,23,24). The van der Waals surface area contributed by atoms with Crippen LogP contribution >= 0.6 is 0 Å². The molecule has 0 bridgehead atoms. The lowest BCUT2D eigenvalue weighted by atomic mass is 10.1. The zero-order valence-electron chi connectivity index (χ0n) is 18.5. The van der Waals surface area contributed by atoms with Crippen LogP contribution in [0.25, 0.3) is 0 Å². The molecule has 1 unspecified atom stereocenters. The Kier molecular flexibility index (Phi) is 10.6. The molecule has 1 heterocycles. The summed E-state index contributed by atoms with van der Waals surface area (Å²) in [6.45, 7) is 7.79. The molecule has 7 nitrogen and oxygen atoms in total. The number of ether oxygens (including phenoxy) is 2. The minimum Gasteiger partial charge on any atom is -0.385 e. The minimum atomic E-state index is -3.35. The smallest absolute Gasteiger partial charge is 0.194 e. The molecule has 1 aromatic rings. The molecule has 0 saturated carbocycles. The molecular weight excluding hydrogens is 402 g/mol. The van der Waals surface area contributed by atoms with Crippen molar-refractivity contribution >= 4 is 15.8 Å². The average Bonchev–Trinajstić information content (AvgIpc) is 2.77. The number of guanidine groups is 1. The molecule has 0 aliphatic carbocycles. The van der Waals surface area contributed by atoms with Gasteiger partial charge in [-0.2, -0.15) is 0 Å². The van der Waals surface area contributed by atoms with Gasteiger partial charge in [-0.25, -0.2) is 8.42 Å². The maximum Gasteiger partial charge on any atom is 0.194 e. The van der Waals surface area contributed by atoms with Gasteiger partial charge >= 0.3 is 0 Å². The molecule has 2 rings (SSSR count). The third kappa shape index (κ3) is 7.89. The van der Waals surface area contributed by atoms with Gasteiger partial charge in [-0.3, -0.25) is 4.99 Å². The van der Waals surface area contributed by atoms with Crippen molar-refractivity contribution in [3.05, 3.63) is 30.3 Å². The summed E-state index contributed by atoms with van der Waals surface area (Å²) in [5.41, 5.74) is 0. The molecule has 1 N–H and O–H groups in total. The summed E-state index contributed by atoms with van der Waals surface area (Å²) >= 11 is 0. The van der Waals surface area contributed by atoms with Crippen LogP contribution in [0, 0.1) is 0 Å². The van der Waals surface area contributed by atoms with Crippen molar-refractivity contribution in [2.75, 3.05) is 45.7 Å². The van der Waals surface area contributed by atoms with Gasteiger partial charge in [0.05, 0.1) is 16.8 Å². The van der Waals surface area contributed by atoms with Crippen LogP contribution in [-0.2, 0) is 19.3 Å². The highest BCUT2D eigenvalue weighted by Gasteiger charge is 2.25. The normalized spacial score (nSPS) is 17.2. The quantitative estimate of drug-likeness (QED) is 0.324. The Bertz CT molecular complexity index is 732. The second-order valence-corrected chi connectivity index (χ2v) is 9.58. The lowest BCUT2D eigenvalue weighted by Gasteiger charge is -2.35. The van der Waals surface area contributed by atoms with Crippen LogP contribution in [0.4, 0.5) is 0 Å². The maximum atomic E-state index is 12.8. The molecule has 1 aliphatic rings. The first-order chi connectivity index (χ1) is 14.5. The third-order valence-electron chi connectivity index (χ3n) is 5.24. The van der Waals surface area contributed by atoms with E-state index in [0.717, 1.165) is 51.5 Å². The first-order valence-corrected chi connectivity index (χ1v) is 12.6. The molecular formula is C22H37N3O4S. The molecule has 1 fully saturated rings. The average molecular weight is 440 g/mol. The maximum absolute atomic E-state index is 12.8. The van der Waals surface area contributed by atoms with E-state index < -0.39 is 9.84 Å². The van der Waals surface area contributed by atoms with E-state index in [0.29, 0.717) is 17.9 Å². The summed E-state index contributed by atoms with van der Waals surface area (Å²) in [7, 11) is -1.65. The number of nitrogens with one attached hydrogen (secondary N) is 1. The van der Waals surface area contributed by atoms with E-state index in [1.54, 1.807) is 31.4 Å². The highest BCUT2D eigenvalue weighted by atomic mass is 32.2. The molecule has 1 aliphatic heterocycles. The van der Waals surface area contributed by atoms with Crippen molar-refractivity contribution in [1.82, 2.24) is 10.2 Å². The monoisotopic (exact) mass is 439 g/mol. The van der Waals surface area contributed by atoms with Gasteiger partial charge in [0.15, 0.2) is 15.8 Å². The summed E-state index contributed by atoms with van der Waals surface area (Å²) in [5, 5.41) is 3.41. The van der Waals surface area contributed by atoms with E-state index in [9.17, 15) is 8.42 Å². The van der Waals surface area contributed by atoms with Gasteiger partial charge in [0.25, 0.3) is 0 Å². The van der Waals surface area contributed by atoms with E-state index in [1.165, 1.54) is 0 Å². The topological polar surface area (TPSA) is 80.2 Å². The fourth-order valence-corrected chi connectivity index (χ4v) is 5.12. The van der Waals surface area contributed by atoms with Crippen molar-refractivity contribution in [1.29, 1.82) is 0 Å². The highest BCUT2D eigenvalue weighted by Crippen LogP contribution is 2.16. The first kappa shape index (κ1) is 24.6. The van der Waals surface area contributed by atoms with Crippen molar-refractivity contribution in [2.24, 2.45) is 4.99 Å². The number of hydrogen-bond donors (Lipinski definition) is 1. The van der Waals surface area contributed by atoms with Gasteiger partial charge in [-0.1, -0.05) is 25.1 Å². The number of likely N-dealkylation sites (tertiary alicyclic amines) is 1. The van der Waals surface area contributed by atoms with E-state index >= 15 is 0 Å². The number of sulfone groups is 1. The second-order valence-electron chi connectivity index (χ2n) is 7.55. The largest absolute Gasteiger partial charge is 0.385 e. The SMILES string of the molecule is CCN=C(NC(CC)CS(=O)(=O)c1ccccc1)N1CCC(OCCCOC)CC1. The van der Waals surface area contributed by atoms with Crippen LogP contribution in [0.3, 0.4) is 0 Å². The molecule has 1 aromatic carbocycles. The minimum absolute atomic E-state index is 0.0509. The fourth-order valence-electron chi connectivity index (χ4n) is 3.51. The molecule has 170 valence electrons. The van der Waals surface area contributed by atoms with E-state index in [1.807, 2.05) is 19.9 Å².